The van der Waals surface area contributed by atoms with E-state index in [-0.39, 0.29) is 5.82 Å². The molecule has 0 aliphatic rings. The summed E-state index contributed by atoms with van der Waals surface area (Å²) in [6.07, 6.45) is 0. The summed E-state index contributed by atoms with van der Waals surface area (Å²) in [6, 6.07) is 3.21. The maximum absolute atomic E-state index is 13.1. The maximum atomic E-state index is 13.1. The lowest BCUT2D eigenvalue weighted by atomic mass is 10.2. The van der Waals surface area contributed by atoms with Crippen molar-refractivity contribution in [3.8, 4) is 0 Å². The third kappa shape index (κ3) is 2.09. The van der Waals surface area contributed by atoms with Crippen molar-refractivity contribution >= 4 is 11.4 Å². The molecule has 0 aliphatic heterocycles. The molecule has 1 aromatic rings. The highest BCUT2D eigenvalue weighted by Crippen LogP contribution is 2.24. The Morgan fingerprint density at radius 2 is 1.85 bits per heavy atom. The standard InChI is InChI=1S/C9H14FN3/c1-6-4-9(13-12-3)8(11-2)5-7(6)10/h4-5,11-13H,1-3H3. The third-order valence-corrected chi connectivity index (χ3v) is 1.83. The fraction of sp³-hybridized carbons (Fsp3) is 0.333. The van der Waals surface area contributed by atoms with Crippen LogP contribution in [0.2, 0.25) is 0 Å². The summed E-state index contributed by atoms with van der Waals surface area (Å²) in [7, 11) is 3.52. The first-order chi connectivity index (χ1) is 6.19. The smallest absolute Gasteiger partial charge is 0.128 e. The van der Waals surface area contributed by atoms with Gasteiger partial charge in [-0.25, -0.2) is 9.82 Å². The Hall–Kier alpha value is -1.29. The van der Waals surface area contributed by atoms with Crippen LogP contribution in [-0.2, 0) is 0 Å². The Kier molecular flexibility index (Phi) is 3.08. The number of benzene rings is 1. The zero-order valence-corrected chi connectivity index (χ0v) is 8.03. The molecule has 0 unspecified atom stereocenters. The Bertz CT molecular complexity index is 299. The largest absolute Gasteiger partial charge is 0.386 e. The molecule has 0 atom stereocenters. The van der Waals surface area contributed by atoms with Gasteiger partial charge >= 0.3 is 0 Å². The first kappa shape index (κ1) is 9.80. The van der Waals surface area contributed by atoms with E-state index in [9.17, 15) is 4.39 Å². The predicted molar refractivity (Wildman–Crippen MR) is 53.4 cm³/mol. The zero-order valence-electron chi connectivity index (χ0n) is 8.03. The number of rotatable bonds is 3. The highest BCUT2D eigenvalue weighted by Gasteiger charge is 2.04. The third-order valence-electron chi connectivity index (χ3n) is 1.83. The molecule has 0 aliphatic carbocycles. The van der Waals surface area contributed by atoms with Crippen molar-refractivity contribution in [1.29, 1.82) is 0 Å². The van der Waals surface area contributed by atoms with E-state index in [1.165, 1.54) is 6.07 Å². The molecule has 0 fully saturated rings. The lowest BCUT2D eigenvalue weighted by molar-refractivity contribution is 0.619. The van der Waals surface area contributed by atoms with Crippen LogP contribution in [0, 0.1) is 12.7 Å². The van der Waals surface area contributed by atoms with Gasteiger partial charge in [-0.1, -0.05) is 0 Å². The second-order valence-electron chi connectivity index (χ2n) is 2.77. The van der Waals surface area contributed by atoms with Gasteiger partial charge in [0.2, 0.25) is 0 Å². The Labute approximate surface area is 77.3 Å². The molecule has 0 aromatic heterocycles. The van der Waals surface area contributed by atoms with Crippen LogP contribution in [0.15, 0.2) is 12.1 Å². The highest BCUT2D eigenvalue weighted by molar-refractivity contribution is 5.69. The van der Waals surface area contributed by atoms with E-state index in [4.69, 9.17) is 0 Å². The Balaban J connectivity index is 3.09. The van der Waals surface area contributed by atoms with Crippen LogP contribution in [0.25, 0.3) is 0 Å². The molecule has 0 heterocycles. The van der Waals surface area contributed by atoms with Crippen molar-refractivity contribution in [3.05, 3.63) is 23.5 Å². The Morgan fingerprint density at radius 3 is 2.38 bits per heavy atom. The van der Waals surface area contributed by atoms with Crippen molar-refractivity contribution in [1.82, 2.24) is 5.43 Å². The van der Waals surface area contributed by atoms with E-state index in [0.717, 1.165) is 11.4 Å². The van der Waals surface area contributed by atoms with Gasteiger partial charge in [0.1, 0.15) is 5.82 Å². The number of nitrogens with one attached hydrogen (secondary N) is 3. The molecule has 4 heteroatoms. The summed E-state index contributed by atoms with van der Waals surface area (Å²) >= 11 is 0. The summed E-state index contributed by atoms with van der Waals surface area (Å²) in [5.74, 6) is -0.203. The number of aryl methyl sites for hydroxylation is 1. The van der Waals surface area contributed by atoms with Gasteiger partial charge in [-0.3, -0.25) is 0 Å². The molecule has 0 bridgehead atoms. The van der Waals surface area contributed by atoms with Gasteiger partial charge in [-0.2, -0.15) is 0 Å². The van der Waals surface area contributed by atoms with E-state index in [1.54, 1.807) is 27.1 Å². The van der Waals surface area contributed by atoms with E-state index < -0.39 is 0 Å². The summed E-state index contributed by atoms with van der Waals surface area (Å²) in [5.41, 5.74) is 7.90. The molecule has 3 N–H and O–H groups in total. The molecule has 1 rings (SSSR count). The first-order valence-corrected chi connectivity index (χ1v) is 4.09. The van der Waals surface area contributed by atoms with Crippen molar-refractivity contribution in [2.75, 3.05) is 24.8 Å². The number of hydrogen-bond donors (Lipinski definition) is 3. The van der Waals surface area contributed by atoms with E-state index >= 15 is 0 Å². The number of hydrazine groups is 1. The molecular weight excluding hydrogens is 169 g/mol. The van der Waals surface area contributed by atoms with Crippen LogP contribution in [0.4, 0.5) is 15.8 Å². The SMILES string of the molecule is CNNc1cc(C)c(F)cc1NC. The summed E-state index contributed by atoms with van der Waals surface area (Å²) < 4.78 is 13.1. The summed E-state index contributed by atoms with van der Waals surface area (Å²) in [5, 5.41) is 2.91. The average Bonchev–Trinajstić information content (AvgIpc) is 2.11. The lowest BCUT2D eigenvalue weighted by Gasteiger charge is -2.11. The maximum Gasteiger partial charge on any atom is 0.128 e. The number of hydrogen-bond acceptors (Lipinski definition) is 3. The second-order valence-corrected chi connectivity index (χ2v) is 2.77. The molecule has 0 radical (unpaired) electrons. The van der Waals surface area contributed by atoms with Crippen LogP contribution >= 0.6 is 0 Å². The molecule has 0 saturated heterocycles. The van der Waals surface area contributed by atoms with Crippen molar-refractivity contribution in [2.45, 2.75) is 6.92 Å². The van der Waals surface area contributed by atoms with Gasteiger partial charge in [-0.05, 0) is 24.6 Å². The zero-order chi connectivity index (χ0) is 9.84. The molecular formula is C9H14FN3. The Morgan fingerprint density at radius 1 is 1.15 bits per heavy atom. The quantitative estimate of drug-likeness (QED) is 0.624. The molecule has 0 spiro atoms. The fourth-order valence-corrected chi connectivity index (χ4v) is 1.13. The number of anilines is 2. The van der Waals surface area contributed by atoms with Crippen LogP contribution in [0.1, 0.15) is 5.56 Å². The van der Waals surface area contributed by atoms with Gasteiger partial charge in [0.15, 0.2) is 0 Å². The van der Waals surface area contributed by atoms with E-state index in [2.05, 4.69) is 16.2 Å². The topological polar surface area (TPSA) is 36.1 Å². The molecule has 72 valence electrons. The van der Waals surface area contributed by atoms with Crippen LogP contribution in [0.5, 0.6) is 0 Å². The monoisotopic (exact) mass is 183 g/mol. The average molecular weight is 183 g/mol. The second kappa shape index (κ2) is 4.09. The van der Waals surface area contributed by atoms with Gasteiger partial charge in [0.25, 0.3) is 0 Å². The minimum atomic E-state index is -0.203. The van der Waals surface area contributed by atoms with Crippen molar-refractivity contribution < 1.29 is 4.39 Å². The summed E-state index contributed by atoms with van der Waals surface area (Å²) in [4.78, 5) is 0. The molecule has 3 nitrogen and oxygen atoms in total. The molecule has 13 heavy (non-hydrogen) atoms. The van der Waals surface area contributed by atoms with Crippen LogP contribution < -0.4 is 16.2 Å². The van der Waals surface area contributed by atoms with Crippen molar-refractivity contribution in [3.63, 3.8) is 0 Å². The minimum absolute atomic E-state index is 0.203. The van der Waals surface area contributed by atoms with Gasteiger partial charge in [0.05, 0.1) is 11.4 Å². The van der Waals surface area contributed by atoms with Gasteiger partial charge < -0.3 is 10.7 Å². The van der Waals surface area contributed by atoms with Crippen LogP contribution in [0.3, 0.4) is 0 Å². The normalized spacial score (nSPS) is 9.85. The number of halogens is 1. The van der Waals surface area contributed by atoms with Gasteiger partial charge in [0, 0.05) is 14.1 Å². The summed E-state index contributed by atoms with van der Waals surface area (Å²) in [6.45, 7) is 1.73. The van der Waals surface area contributed by atoms with Crippen molar-refractivity contribution in [2.24, 2.45) is 0 Å². The van der Waals surface area contributed by atoms with E-state index in [1.807, 2.05) is 0 Å². The highest BCUT2D eigenvalue weighted by atomic mass is 19.1. The molecule has 1 aromatic carbocycles. The lowest BCUT2D eigenvalue weighted by Crippen LogP contribution is -2.16. The fourth-order valence-electron chi connectivity index (χ4n) is 1.13. The van der Waals surface area contributed by atoms with Crippen LogP contribution in [-0.4, -0.2) is 14.1 Å². The van der Waals surface area contributed by atoms with E-state index in [0.29, 0.717) is 5.56 Å². The minimum Gasteiger partial charge on any atom is -0.386 e. The molecule has 0 amide bonds. The van der Waals surface area contributed by atoms with Gasteiger partial charge in [-0.15, -0.1) is 0 Å². The first-order valence-electron chi connectivity index (χ1n) is 4.09. The molecule has 0 saturated carbocycles. The predicted octanol–water partition coefficient (Wildman–Crippen LogP) is 1.72.